The van der Waals surface area contributed by atoms with Gasteiger partial charge < -0.3 is 19.4 Å². The lowest BCUT2D eigenvalue weighted by Gasteiger charge is -2.13. The van der Waals surface area contributed by atoms with Crippen molar-refractivity contribution in [2.45, 2.75) is 109 Å². The van der Waals surface area contributed by atoms with Crippen molar-refractivity contribution in [3.8, 4) is 0 Å². The van der Waals surface area contributed by atoms with Gasteiger partial charge in [0, 0.05) is 12.8 Å². The predicted molar refractivity (Wildman–Crippen MR) is 127 cm³/mol. The van der Waals surface area contributed by atoms with Crippen molar-refractivity contribution in [2.24, 2.45) is 35.4 Å². The van der Waals surface area contributed by atoms with Crippen LogP contribution in [-0.4, -0.2) is 23.9 Å². The monoisotopic (exact) mass is 504 g/mol. The van der Waals surface area contributed by atoms with Crippen LogP contribution in [-0.2, 0) is 38.5 Å². The number of carbonyl (C=O) groups excluding carboxylic acids is 4. The summed E-state index contributed by atoms with van der Waals surface area (Å²) >= 11 is 0. The summed E-state index contributed by atoms with van der Waals surface area (Å²) in [5.74, 6) is 17.1. The van der Waals surface area contributed by atoms with Crippen molar-refractivity contribution in [3.63, 3.8) is 0 Å². The maximum Gasteiger partial charge on any atom is 0.327 e. The zero-order valence-electron chi connectivity index (χ0n) is 20.8. The Morgan fingerprint density at radius 2 is 0.714 bits per heavy atom. The van der Waals surface area contributed by atoms with Crippen LogP contribution in [0.15, 0.2) is 0 Å². The van der Waals surface area contributed by atoms with Crippen molar-refractivity contribution in [3.05, 3.63) is 0 Å². The normalized spacial score (nSPS) is 12.5. The molecule has 2 unspecified atom stereocenters. The molecule has 0 aromatic carbocycles. The van der Waals surface area contributed by atoms with Crippen LogP contribution in [0.4, 0.5) is 0 Å². The second kappa shape index (κ2) is 22.2. The molecule has 0 aromatic heterocycles. The second-order valence-electron chi connectivity index (χ2n) is 8.79. The quantitative estimate of drug-likeness (QED) is 0.124. The summed E-state index contributed by atoms with van der Waals surface area (Å²) in [5, 5.41) is 0. The first kappa shape index (κ1) is 32.7. The molecule has 0 radical (unpaired) electrons. The smallest absolute Gasteiger partial charge is 0.327 e. The standard InChI is InChI=1S/C23H44N4O8/c24-32-20(28)16-10-14-18(22(30)34-26)12-8-6-4-2-1-3-5-7-9-13-19(23(31)35-27)15-11-17-21(29)33-25/h18-19H,1-17,24-27H2. The third-order valence-electron chi connectivity index (χ3n) is 6.13. The highest BCUT2D eigenvalue weighted by molar-refractivity contribution is 5.73. The van der Waals surface area contributed by atoms with Crippen LogP contribution in [0, 0.1) is 11.8 Å². The molecule has 0 saturated heterocycles. The summed E-state index contributed by atoms with van der Waals surface area (Å²) in [6.07, 6.45) is 13.0. The minimum absolute atomic E-state index is 0.161. The molecule has 0 bridgehead atoms. The third kappa shape index (κ3) is 17.8. The highest BCUT2D eigenvalue weighted by Gasteiger charge is 2.20. The fourth-order valence-electron chi connectivity index (χ4n) is 4.07. The average Bonchev–Trinajstić information content (AvgIpc) is 2.88. The van der Waals surface area contributed by atoms with Gasteiger partial charge in [0.05, 0.1) is 11.8 Å². The molecule has 12 nitrogen and oxygen atoms in total. The van der Waals surface area contributed by atoms with E-state index in [0.29, 0.717) is 38.5 Å². The fourth-order valence-corrected chi connectivity index (χ4v) is 4.07. The van der Waals surface area contributed by atoms with E-state index in [1.165, 1.54) is 0 Å². The number of carbonyl (C=O) groups is 4. The molecule has 8 N–H and O–H groups in total. The van der Waals surface area contributed by atoms with Crippen LogP contribution >= 0.6 is 0 Å². The van der Waals surface area contributed by atoms with Gasteiger partial charge in [-0.05, 0) is 38.5 Å². The molecule has 12 heteroatoms. The van der Waals surface area contributed by atoms with Gasteiger partial charge >= 0.3 is 23.9 Å². The van der Waals surface area contributed by atoms with Crippen molar-refractivity contribution >= 4 is 23.9 Å². The summed E-state index contributed by atoms with van der Waals surface area (Å²) in [4.78, 5) is 62.7. The van der Waals surface area contributed by atoms with Gasteiger partial charge in [-0.1, -0.05) is 57.8 Å². The fraction of sp³-hybridized carbons (Fsp3) is 0.826. The van der Waals surface area contributed by atoms with Gasteiger partial charge in [-0.15, -0.1) is 0 Å². The SMILES string of the molecule is NOC(=O)CCCC(CCCCCCCCCCCC(CCCC(=O)ON)C(=O)ON)C(=O)ON. The van der Waals surface area contributed by atoms with E-state index < -0.39 is 23.9 Å². The predicted octanol–water partition coefficient (Wildman–Crippen LogP) is 2.52. The van der Waals surface area contributed by atoms with Crippen molar-refractivity contribution < 1.29 is 38.5 Å². The number of hydrogen-bond acceptors (Lipinski definition) is 12. The average molecular weight is 505 g/mol. The van der Waals surface area contributed by atoms with Crippen molar-refractivity contribution in [2.75, 3.05) is 0 Å². The molecular weight excluding hydrogens is 460 g/mol. The van der Waals surface area contributed by atoms with Crippen molar-refractivity contribution in [1.82, 2.24) is 0 Å². The zero-order valence-corrected chi connectivity index (χ0v) is 20.8. The molecule has 0 rings (SSSR count). The van der Waals surface area contributed by atoms with Gasteiger partial charge in [0.1, 0.15) is 0 Å². The van der Waals surface area contributed by atoms with E-state index in [0.717, 1.165) is 57.8 Å². The molecule has 35 heavy (non-hydrogen) atoms. The highest BCUT2D eigenvalue weighted by Crippen LogP contribution is 2.21. The lowest BCUT2D eigenvalue weighted by atomic mass is 9.94. The maximum absolute atomic E-state index is 11.8. The number of unbranched alkanes of at least 4 members (excludes halogenated alkanes) is 8. The molecule has 0 heterocycles. The summed E-state index contributed by atoms with van der Waals surface area (Å²) < 4.78 is 0. The first-order valence-electron chi connectivity index (χ1n) is 12.5. The van der Waals surface area contributed by atoms with Crippen LogP contribution in [0.25, 0.3) is 0 Å². The van der Waals surface area contributed by atoms with E-state index >= 15 is 0 Å². The van der Waals surface area contributed by atoms with E-state index in [1.807, 2.05) is 0 Å². The van der Waals surface area contributed by atoms with E-state index in [-0.39, 0.29) is 24.7 Å². The lowest BCUT2D eigenvalue weighted by Crippen LogP contribution is -2.21. The Kier molecular flexibility index (Phi) is 20.8. The van der Waals surface area contributed by atoms with Crippen LogP contribution in [0.2, 0.25) is 0 Å². The van der Waals surface area contributed by atoms with E-state index in [9.17, 15) is 19.2 Å². The lowest BCUT2D eigenvalue weighted by molar-refractivity contribution is -0.151. The minimum Gasteiger partial charge on any atom is -0.373 e. The summed E-state index contributed by atoms with van der Waals surface area (Å²) in [6, 6.07) is 0. The Hall–Kier alpha value is -2.28. The number of hydrogen-bond donors (Lipinski definition) is 4. The number of rotatable bonds is 22. The second-order valence-corrected chi connectivity index (χ2v) is 8.79. The molecule has 0 aliphatic heterocycles. The van der Waals surface area contributed by atoms with Crippen LogP contribution in [0.3, 0.4) is 0 Å². The van der Waals surface area contributed by atoms with Gasteiger partial charge in [0.2, 0.25) is 0 Å². The van der Waals surface area contributed by atoms with Crippen LogP contribution < -0.4 is 23.6 Å². The van der Waals surface area contributed by atoms with Crippen molar-refractivity contribution in [1.29, 1.82) is 0 Å². The molecule has 0 spiro atoms. The molecule has 0 amide bonds. The molecule has 204 valence electrons. The maximum atomic E-state index is 11.8. The Bertz CT molecular complexity index is 556. The van der Waals surface area contributed by atoms with Gasteiger partial charge in [-0.2, -0.15) is 23.6 Å². The third-order valence-corrected chi connectivity index (χ3v) is 6.13. The Labute approximate surface area is 207 Å². The highest BCUT2D eigenvalue weighted by atomic mass is 16.7. The summed E-state index contributed by atoms with van der Waals surface area (Å²) in [7, 11) is 0. The Morgan fingerprint density at radius 1 is 0.429 bits per heavy atom. The van der Waals surface area contributed by atoms with Gasteiger partial charge in [0.15, 0.2) is 0 Å². The summed E-state index contributed by atoms with van der Waals surface area (Å²) in [6.45, 7) is 0. The Balaban J connectivity index is 3.85. The van der Waals surface area contributed by atoms with Crippen LogP contribution in [0.1, 0.15) is 109 Å². The molecule has 2 atom stereocenters. The molecule has 0 aliphatic carbocycles. The van der Waals surface area contributed by atoms with Gasteiger partial charge in [-0.25, -0.2) is 0 Å². The van der Waals surface area contributed by atoms with Gasteiger partial charge in [0.25, 0.3) is 0 Å². The molecule has 0 aromatic rings. The molecular formula is C23H44N4O8. The molecule has 0 fully saturated rings. The van der Waals surface area contributed by atoms with Crippen LogP contribution in [0.5, 0.6) is 0 Å². The summed E-state index contributed by atoms with van der Waals surface area (Å²) in [5.41, 5.74) is 0. The van der Waals surface area contributed by atoms with E-state index in [1.54, 1.807) is 0 Å². The molecule has 0 aliphatic rings. The largest absolute Gasteiger partial charge is 0.373 e. The topological polar surface area (TPSA) is 209 Å². The first-order valence-corrected chi connectivity index (χ1v) is 12.5. The first-order chi connectivity index (χ1) is 16.9. The van der Waals surface area contributed by atoms with E-state index in [2.05, 4.69) is 19.4 Å². The molecule has 0 saturated carbocycles. The zero-order chi connectivity index (χ0) is 26.3. The Morgan fingerprint density at radius 3 is 1.00 bits per heavy atom. The van der Waals surface area contributed by atoms with E-state index in [4.69, 9.17) is 23.6 Å². The minimum atomic E-state index is -0.505. The number of nitrogens with two attached hydrogens (primary N) is 4. The van der Waals surface area contributed by atoms with Gasteiger partial charge in [-0.3, -0.25) is 19.2 Å².